The number of hydrogen-bond acceptors (Lipinski definition) is 3. The molecule has 0 bridgehead atoms. The molecule has 1 aliphatic carbocycles. The molecule has 7 heteroatoms. The van der Waals surface area contributed by atoms with Crippen LogP contribution in [-0.4, -0.2) is 35.4 Å². The summed E-state index contributed by atoms with van der Waals surface area (Å²) in [4.78, 5) is 28.8. The molecular formula is C31H34ClFN2O3. The molecule has 0 unspecified atom stereocenters. The van der Waals surface area contributed by atoms with Crippen molar-refractivity contribution >= 4 is 23.4 Å². The fourth-order valence-corrected chi connectivity index (χ4v) is 5.06. The second-order valence-electron chi connectivity index (χ2n) is 9.97. The molecule has 0 aliphatic heterocycles. The van der Waals surface area contributed by atoms with E-state index in [2.05, 4.69) is 5.32 Å². The number of hydrogen-bond donors (Lipinski definition) is 1. The topological polar surface area (TPSA) is 58.6 Å². The van der Waals surface area contributed by atoms with Crippen LogP contribution in [0, 0.1) is 19.7 Å². The van der Waals surface area contributed by atoms with Gasteiger partial charge in [0.1, 0.15) is 17.6 Å². The fourth-order valence-electron chi connectivity index (χ4n) is 4.95. The lowest BCUT2D eigenvalue weighted by Gasteiger charge is -2.32. The van der Waals surface area contributed by atoms with Crippen molar-refractivity contribution in [3.63, 3.8) is 0 Å². The number of benzene rings is 3. The van der Waals surface area contributed by atoms with Gasteiger partial charge in [-0.25, -0.2) is 4.39 Å². The van der Waals surface area contributed by atoms with E-state index in [0.29, 0.717) is 22.8 Å². The quantitative estimate of drug-likeness (QED) is 0.337. The van der Waals surface area contributed by atoms with Gasteiger partial charge in [0, 0.05) is 29.6 Å². The number of rotatable bonds is 10. The lowest BCUT2D eigenvalue weighted by Crippen LogP contribution is -2.53. The molecule has 3 aromatic carbocycles. The number of halogens is 2. The summed E-state index contributed by atoms with van der Waals surface area (Å²) in [6, 6.07) is 18.7. The van der Waals surface area contributed by atoms with Crippen molar-refractivity contribution < 1.29 is 18.7 Å². The molecule has 5 nitrogen and oxygen atoms in total. The van der Waals surface area contributed by atoms with E-state index in [1.54, 1.807) is 30.3 Å². The van der Waals surface area contributed by atoms with Gasteiger partial charge in [0.05, 0.1) is 0 Å². The highest BCUT2D eigenvalue weighted by Crippen LogP contribution is 2.26. The molecule has 200 valence electrons. The van der Waals surface area contributed by atoms with Crippen LogP contribution < -0.4 is 10.1 Å². The molecule has 1 N–H and O–H groups in total. The molecule has 2 amide bonds. The molecule has 3 aromatic rings. The van der Waals surface area contributed by atoms with Gasteiger partial charge < -0.3 is 15.0 Å². The molecule has 0 heterocycles. The number of ether oxygens (including phenoxy) is 1. The van der Waals surface area contributed by atoms with E-state index in [9.17, 15) is 14.0 Å². The van der Waals surface area contributed by atoms with E-state index in [0.717, 1.165) is 42.4 Å². The first-order chi connectivity index (χ1) is 18.3. The van der Waals surface area contributed by atoms with E-state index >= 15 is 0 Å². The number of nitrogens with zero attached hydrogens (tertiary/aromatic N) is 1. The van der Waals surface area contributed by atoms with E-state index in [-0.39, 0.29) is 25.1 Å². The summed E-state index contributed by atoms with van der Waals surface area (Å²) in [5.41, 5.74) is 2.94. The Balaban J connectivity index is 1.63. The van der Waals surface area contributed by atoms with Crippen LogP contribution in [0.5, 0.6) is 5.75 Å². The minimum absolute atomic E-state index is 0.0525. The van der Waals surface area contributed by atoms with Crippen LogP contribution in [0.4, 0.5) is 4.39 Å². The predicted molar refractivity (Wildman–Crippen MR) is 148 cm³/mol. The van der Waals surface area contributed by atoms with Gasteiger partial charge in [0.15, 0.2) is 6.61 Å². The van der Waals surface area contributed by atoms with Crippen molar-refractivity contribution in [2.45, 2.75) is 64.6 Å². The van der Waals surface area contributed by atoms with Crippen LogP contribution in [0.2, 0.25) is 5.02 Å². The molecule has 1 saturated carbocycles. The Hall–Kier alpha value is -3.38. The highest BCUT2D eigenvalue weighted by molar-refractivity contribution is 6.32. The molecule has 0 spiro atoms. The monoisotopic (exact) mass is 536 g/mol. The second-order valence-corrected chi connectivity index (χ2v) is 10.3. The Morgan fingerprint density at radius 2 is 1.66 bits per heavy atom. The smallest absolute Gasteiger partial charge is 0.261 e. The molecule has 1 aliphatic rings. The van der Waals surface area contributed by atoms with Crippen molar-refractivity contribution in [3.8, 4) is 5.75 Å². The van der Waals surface area contributed by atoms with Gasteiger partial charge in [-0.1, -0.05) is 73.0 Å². The lowest BCUT2D eigenvalue weighted by atomic mass is 10.0. The third-order valence-corrected chi connectivity index (χ3v) is 7.64. The van der Waals surface area contributed by atoms with E-state index < -0.39 is 17.8 Å². The van der Waals surface area contributed by atoms with Gasteiger partial charge in [-0.3, -0.25) is 9.59 Å². The molecule has 0 aromatic heterocycles. The summed E-state index contributed by atoms with van der Waals surface area (Å²) in [7, 11) is 0. The van der Waals surface area contributed by atoms with E-state index in [1.807, 2.05) is 44.2 Å². The summed E-state index contributed by atoms with van der Waals surface area (Å²) >= 11 is 6.28. The van der Waals surface area contributed by atoms with Gasteiger partial charge >= 0.3 is 0 Å². The van der Waals surface area contributed by atoms with Crippen molar-refractivity contribution in [2.24, 2.45) is 0 Å². The van der Waals surface area contributed by atoms with Crippen LogP contribution >= 0.6 is 11.6 Å². The zero-order chi connectivity index (χ0) is 27.1. The lowest BCUT2D eigenvalue weighted by molar-refractivity contribution is -0.143. The molecule has 0 saturated heterocycles. The highest BCUT2D eigenvalue weighted by atomic mass is 35.5. The van der Waals surface area contributed by atoms with Crippen molar-refractivity contribution in [3.05, 3.63) is 99.8 Å². The Morgan fingerprint density at radius 1 is 1.03 bits per heavy atom. The predicted octanol–water partition coefficient (Wildman–Crippen LogP) is 6.17. The maximum absolute atomic E-state index is 14.7. The first kappa shape index (κ1) is 27.6. The Labute approximate surface area is 228 Å². The first-order valence-electron chi connectivity index (χ1n) is 13.1. The molecule has 1 fully saturated rings. The maximum Gasteiger partial charge on any atom is 0.261 e. The molecular weight excluding hydrogens is 503 g/mol. The maximum atomic E-state index is 14.7. The zero-order valence-corrected chi connectivity index (χ0v) is 22.6. The molecule has 0 radical (unpaired) electrons. The normalized spacial score (nSPS) is 14.2. The standard InChI is InChI=1S/C31H34ClFN2O3/c1-21-16-26(17-22(2)30(21)32)38-20-29(36)35(19-24-12-6-9-15-27(24)33)28(18-23-10-4-3-5-11-23)31(37)34-25-13-7-8-14-25/h3-6,9-12,15-17,25,28H,7-8,13-14,18-20H2,1-2H3,(H,34,37)/t28-/m1/s1. The first-order valence-corrected chi connectivity index (χ1v) is 13.5. The third-order valence-electron chi connectivity index (χ3n) is 7.04. The number of amides is 2. The Bertz CT molecular complexity index is 1240. The summed E-state index contributed by atoms with van der Waals surface area (Å²) in [5.74, 6) is -0.548. The number of nitrogens with one attached hydrogen (secondary N) is 1. The van der Waals surface area contributed by atoms with Gasteiger partial charge in [-0.15, -0.1) is 0 Å². The summed E-state index contributed by atoms with van der Waals surface area (Å²) in [5, 5.41) is 3.80. The average molecular weight is 537 g/mol. The Kier molecular flexibility index (Phi) is 9.40. The van der Waals surface area contributed by atoms with Crippen LogP contribution in [0.25, 0.3) is 0 Å². The summed E-state index contributed by atoms with van der Waals surface area (Å²) < 4.78 is 20.6. The second kappa shape index (κ2) is 12.9. The van der Waals surface area contributed by atoms with Gasteiger partial charge in [0.25, 0.3) is 5.91 Å². The van der Waals surface area contributed by atoms with Crippen LogP contribution in [0.15, 0.2) is 66.7 Å². The fraction of sp³-hybridized carbons (Fsp3) is 0.355. The average Bonchev–Trinajstić information content (AvgIpc) is 3.42. The Morgan fingerprint density at radius 3 is 2.32 bits per heavy atom. The number of carbonyl (C=O) groups is 2. The number of aryl methyl sites for hydroxylation is 2. The molecule has 38 heavy (non-hydrogen) atoms. The molecule has 1 atom stereocenters. The largest absolute Gasteiger partial charge is 0.484 e. The van der Waals surface area contributed by atoms with Crippen LogP contribution in [-0.2, 0) is 22.6 Å². The van der Waals surface area contributed by atoms with Gasteiger partial charge in [-0.05, 0) is 61.6 Å². The minimum Gasteiger partial charge on any atom is -0.484 e. The van der Waals surface area contributed by atoms with Crippen molar-refractivity contribution in [2.75, 3.05) is 6.61 Å². The number of carbonyl (C=O) groups excluding carboxylic acids is 2. The van der Waals surface area contributed by atoms with Gasteiger partial charge in [0.2, 0.25) is 5.91 Å². The SMILES string of the molecule is Cc1cc(OCC(=O)N(Cc2ccccc2F)[C@H](Cc2ccccc2)C(=O)NC2CCCC2)cc(C)c1Cl. The van der Waals surface area contributed by atoms with Gasteiger partial charge in [-0.2, -0.15) is 0 Å². The molecule has 4 rings (SSSR count). The minimum atomic E-state index is -0.831. The summed E-state index contributed by atoms with van der Waals surface area (Å²) in [6.45, 7) is 3.40. The van der Waals surface area contributed by atoms with Crippen LogP contribution in [0.1, 0.15) is 47.9 Å². The third kappa shape index (κ3) is 7.13. The van der Waals surface area contributed by atoms with E-state index in [4.69, 9.17) is 16.3 Å². The zero-order valence-electron chi connectivity index (χ0n) is 21.9. The van der Waals surface area contributed by atoms with Crippen molar-refractivity contribution in [1.82, 2.24) is 10.2 Å². The highest BCUT2D eigenvalue weighted by Gasteiger charge is 2.33. The van der Waals surface area contributed by atoms with E-state index in [1.165, 1.54) is 11.0 Å². The van der Waals surface area contributed by atoms with Crippen LogP contribution in [0.3, 0.4) is 0 Å². The summed E-state index contributed by atoms with van der Waals surface area (Å²) in [6.07, 6.45) is 4.28. The van der Waals surface area contributed by atoms with Crippen molar-refractivity contribution in [1.29, 1.82) is 0 Å².